The van der Waals surface area contributed by atoms with Crippen molar-refractivity contribution in [1.82, 2.24) is 0 Å². The molecule has 128 valence electrons. The van der Waals surface area contributed by atoms with Crippen LogP contribution in [0.5, 0.6) is 11.5 Å². The van der Waals surface area contributed by atoms with Crippen molar-refractivity contribution in [1.29, 1.82) is 0 Å². The molecule has 1 aromatic rings. The first-order valence-corrected chi connectivity index (χ1v) is 8.19. The highest BCUT2D eigenvalue weighted by Gasteiger charge is 2.12. The van der Waals surface area contributed by atoms with Gasteiger partial charge >= 0.3 is 13.8 Å². The molecule has 0 unspecified atom stereocenters. The van der Waals surface area contributed by atoms with Crippen LogP contribution in [0.4, 0.5) is 0 Å². The third-order valence-corrected chi connectivity index (χ3v) is 2.87. The molecule has 1 aromatic carbocycles. The summed E-state index contributed by atoms with van der Waals surface area (Å²) in [4.78, 5) is 28.2. The molecule has 0 saturated carbocycles. The van der Waals surface area contributed by atoms with Crippen molar-refractivity contribution in [2.45, 2.75) is 6.92 Å². The minimum Gasteiger partial charge on any atom is -0.491 e. The zero-order valence-electron chi connectivity index (χ0n) is 12.6. The van der Waals surface area contributed by atoms with Crippen molar-refractivity contribution >= 4 is 13.8 Å². The third-order valence-electron chi connectivity index (χ3n) is 2.35. The lowest BCUT2D eigenvalue weighted by molar-refractivity contribution is -0.139. The Bertz CT molecular complexity index is 580. The van der Waals surface area contributed by atoms with Crippen LogP contribution in [0.25, 0.3) is 0 Å². The van der Waals surface area contributed by atoms with Crippen LogP contribution >= 0.6 is 7.82 Å². The Balaban J connectivity index is 2.31. The van der Waals surface area contributed by atoms with Gasteiger partial charge in [0.2, 0.25) is 0 Å². The van der Waals surface area contributed by atoms with E-state index in [0.717, 1.165) is 0 Å². The van der Waals surface area contributed by atoms with Crippen LogP contribution in [-0.4, -0.2) is 42.2 Å². The Morgan fingerprint density at radius 1 is 1.13 bits per heavy atom. The van der Waals surface area contributed by atoms with Gasteiger partial charge in [-0.1, -0.05) is 12.6 Å². The van der Waals surface area contributed by atoms with Crippen molar-refractivity contribution in [3.8, 4) is 11.5 Å². The molecule has 0 bridgehead atoms. The average Bonchev–Trinajstić information content (AvgIpc) is 2.47. The molecule has 0 spiro atoms. The van der Waals surface area contributed by atoms with Crippen LogP contribution in [0, 0.1) is 0 Å². The molecule has 0 aliphatic carbocycles. The second kappa shape index (κ2) is 9.32. The predicted molar refractivity (Wildman–Crippen MR) is 81.2 cm³/mol. The molecule has 23 heavy (non-hydrogen) atoms. The van der Waals surface area contributed by atoms with Gasteiger partial charge in [0.1, 0.15) is 31.3 Å². The number of ether oxygens (including phenoxy) is 3. The SMILES string of the molecule is C=C(C)C(=O)OCCOc1cccc(OCCOP(=O)(O)O)c1. The summed E-state index contributed by atoms with van der Waals surface area (Å²) in [6, 6.07) is 6.64. The van der Waals surface area contributed by atoms with Gasteiger partial charge in [0.05, 0.1) is 6.61 Å². The number of rotatable bonds is 10. The zero-order chi connectivity index (χ0) is 17.3. The molecule has 0 aliphatic heterocycles. The Hall–Kier alpha value is -1.86. The summed E-state index contributed by atoms with van der Waals surface area (Å²) < 4.78 is 30.3. The van der Waals surface area contributed by atoms with Gasteiger partial charge in [-0.15, -0.1) is 0 Å². The van der Waals surface area contributed by atoms with Gasteiger partial charge in [0.25, 0.3) is 0 Å². The first-order chi connectivity index (χ1) is 10.8. The van der Waals surface area contributed by atoms with Crippen molar-refractivity contribution in [2.75, 3.05) is 26.4 Å². The number of phosphoric ester groups is 1. The average molecular weight is 346 g/mol. The predicted octanol–water partition coefficient (Wildman–Crippen LogP) is 1.67. The standard InChI is InChI=1S/C14H19O8P/c1-11(2)14(15)21-7-6-19-12-4-3-5-13(10-12)20-8-9-22-23(16,17)18/h3-5,10H,1,6-9H2,2H3,(H2,16,17,18). The van der Waals surface area contributed by atoms with E-state index in [1.165, 1.54) is 0 Å². The van der Waals surface area contributed by atoms with E-state index in [9.17, 15) is 9.36 Å². The number of carbonyl (C=O) groups is 1. The molecule has 0 aromatic heterocycles. The maximum Gasteiger partial charge on any atom is 0.469 e. The van der Waals surface area contributed by atoms with Crippen molar-refractivity contribution in [3.63, 3.8) is 0 Å². The summed E-state index contributed by atoms with van der Waals surface area (Å²) in [5, 5.41) is 0. The summed E-state index contributed by atoms with van der Waals surface area (Å²) in [5.74, 6) is 0.483. The van der Waals surface area contributed by atoms with Crippen molar-refractivity contribution in [3.05, 3.63) is 36.4 Å². The normalized spacial score (nSPS) is 10.9. The molecule has 1 rings (SSSR count). The third kappa shape index (κ3) is 9.00. The molecular weight excluding hydrogens is 327 g/mol. The van der Waals surface area contributed by atoms with Gasteiger partial charge in [-0.3, -0.25) is 4.52 Å². The first kappa shape index (κ1) is 19.2. The molecule has 0 heterocycles. The molecule has 0 radical (unpaired) electrons. The van der Waals surface area contributed by atoms with Gasteiger partial charge in [-0.25, -0.2) is 9.36 Å². The minimum absolute atomic E-state index is 0.0230. The van der Waals surface area contributed by atoms with Gasteiger partial charge in [-0.05, 0) is 19.1 Å². The second-order valence-electron chi connectivity index (χ2n) is 4.41. The molecule has 0 amide bonds. The van der Waals surface area contributed by atoms with Gasteiger partial charge in [0, 0.05) is 11.6 Å². The topological polar surface area (TPSA) is 112 Å². The van der Waals surface area contributed by atoms with Gasteiger partial charge in [-0.2, -0.15) is 0 Å². The highest BCUT2D eigenvalue weighted by Crippen LogP contribution is 2.35. The van der Waals surface area contributed by atoms with E-state index in [2.05, 4.69) is 11.1 Å². The Morgan fingerprint density at radius 3 is 2.22 bits per heavy atom. The van der Waals surface area contributed by atoms with E-state index in [1.54, 1.807) is 31.2 Å². The van der Waals surface area contributed by atoms with Gasteiger partial charge < -0.3 is 24.0 Å². The maximum atomic E-state index is 11.2. The lowest BCUT2D eigenvalue weighted by atomic mass is 10.3. The van der Waals surface area contributed by atoms with E-state index in [4.69, 9.17) is 24.0 Å². The molecule has 9 heteroatoms. The largest absolute Gasteiger partial charge is 0.491 e. The lowest BCUT2D eigenvalue weighted by Crippen LogP contribution is -2.12. The first-order valence-electron chi connectivity index (χ1n) is 6.66. The molecule has 2 N–H and O–H groups in total. The number of phosphoric acid groups is 1. The molecule has 0 saturated heterocycles. The fourth-order valence-electron chi connectivity index (χ4n) is 1.39. The van der Waals surface area contributed by atoms with Crippen LogP contribution < -0.4 is 9.47 Å². The van der Waals surface area contributed by atoms with Crippen LogP contribution in [0.3, 0.4) is 0 Å². The monoisotopic (exact) mass is 346 g/mol. The van der Waals surface area contributed by atoms with E-state index in [-0.39, 0.29) is 26.4 Å². The highest BCUT2D eigenvalue weighted by atomic mass is 31.2. The van der Waals surface area contributed by atoms with Crippen LogP contribution in [0.1, 0.15) is 6.92 Å². The fraction of sp³-hybridized carbons (Fsp3) is 0.357. The molecule has 0 aliphatic rings. The smallest absolute Gasteiger partial charge is 0.469 e. The number of hydrogen-bond acceptors (Lipinski definition) is 6. The Kier molecular flexibility index (Phi) is 7.77. The summed E-state index contributed by atoms with van der Waals surface area (Å²) in [5.41, 5.74) is 0.318. The zero-order valence-corrected chi connectivity index (χ0v) is 13.5. The van der Waals surface area contributed by atoms with Crippen LogP contribution in [0.2, 0.25) is 0 Å². The number of esters is 1. The molecule has 0 atom stereocenters. The van der Waals surface area contributed by atoms with Gasteiger partial charge in [0.15, 0.2) is 0 Å². The number of carbonyl (C=O) groups excluding carboxylic acids is 1. The summed E-state index contributed by atoms with van der Waals surface area (Å²) in [6.07, 6.45) is 0. The van der Waals surface area contributed by atoms with E-state index >= 15 is 0 Å². The quantitative estimate of drug-likeness (QED) is 0.285. The maximum absolute atomic E-state index is 11.2. The highest BCUT2D eigenvalue weighted by molar-refractivity contribution is 7.46. The van der Waals surface area contributed by atoms with Crippen LogP contribution in [-0.2, 0) is 18.6 Å². The Morgan fingerprint density at radius 2 is 1.70 bits per heavy atom. The number of benzene rings is 1. The van der Waals surface area contributed by atoms with E-state index < -0.39 is 13.8 Å². The fourth-order valence-corrected chi connectivity index (χ4v) is 1.70. The number of hydrogen-bond donors (Lipinski definition) is 2. The second-order valence-corrected chi connectivity index (χ2v) is 5.65. The molecule has 8 nitrogen and oxygen atoms in total. The lowest BCUT2D eigenvalue weighted by Gasteiger charge is -2.10. The minimum atomic E-state index is -4.48. The van der Waals surface area contributed by atoms with Crippen molar-refractivity contribution in [2.24, 2.45) is 0 Å². The summed E-state index contributed by atoms with van der Waals surface area (Å²) in [7, 11) is -4.48. The van der Waals surface area contributed by atoms with Crippen LogP contribution in [0.15, 0.2) is 36.4 Å². The summed E-state index contributed by atoms with van der Waals surface area (Å²) in [6.45, 7) is 5.01. The van der Waals surface area contributed by atoms with E-state index in [1.807, 2.05) is 0 Å². The Labute approximate surface area is 133 Å². The molecular formula is C14H19O8P. The van der Waals surface area contributed by atoms with Crippen molar-refractivity contribution < 1.29 is 37.9 Å². The van der Waals surface area contributed by atoms with E-state index in [0.29, 0.717) is 17.1 Å². The summed E-state index contributed by atoms with van der Waals surface area (Å²) >= 11 is 0. The molecule has 0 fully saturated rings.